The van der Waals surface area contributed by atoms with Gasteiger partial charge in [-0.05, 0) is 24.3 Å². The smallest absolute Gasteiger partial charge is 0.331 e. The average molecular weight is 487 g/mol. The molecule has 0 unspecified atom stereocenters. The van der Waals surface area contributed by atoms with Gasteiger partial charge in [-0.2, -0.15) is 0 Å². The van der Waals surface area contributed by atoms with Gasteiger partial charge in [0, 0.05) is 5.69 Å². The van der Waals surface area contributed by atoms with E-state index in [0.29, 0.717) is 11.4 Å². The minimum absolute atomic E-state index is 0.336. The fourth-order valence-corrected chi connectivity index (χ4v) is 3.04. The van der Waals surface area contributed by atoms with Crippen molar-refractivity contribution in [1.82, 2.24) is 0 Å². The van der Waals surface area contributed by atoms with Gasteiger partial charge in [-0.15, -0.1) is 0 Å². The zero-order valence-corrected chi connectivity index (χ0v) is 19.0. The van der Waals surface area contributed by atoms with Crippen LogP contribution in [0.1, 0.15) is 0 Å². The monoisotopic (exact) mass is 487 g/mol. The first-order valence-electron chi connectivity index (χ1n) is 10.2. The van der Waals surface area contributed by atoms with Crippen LogP contribution in [-0.4, -0.2) is 101 Å². The van der Waals surface area contributed by atoms with E-state index in [1.54, 1.807) is 24.3 Å². The lowest BCUT2D eigenvalue weighted by Crippen LogP contribution is -2.63. The fourth-order valence-electron chi connectivity index (χ4n) is 3.04. The molecule has 2 rings (SSSR count). The highest BCUT2D eigenvalue weighted by Gasteiger charge is 2.50. The van der Waals surface area contributed by atoms with Crippen LogP contribution in [0.5, 0.6) is 5.75 Å². The Kier molecular flexibility index (Phi) is 11.0. The van der Waals surface area contributed by atoms with Gasteiger partial charge in [0.1, 0.15) is 50.0 Å². The molecule has 0 radical (unpaired) electrons. The fraction of sp³-hybridized carbons (Fsp3) is 0.571. The van der Waals surface area contributed by atoms with Crippen molar-refractivity contribution in [3.05, 3.63) is 24.3 Å². The number of aliphatic hydroxyl groups excluding tert-OH is 1. The van der Waals surface area contributed by atoms with Crippen molar-refractivity contribution in [2.24, 2.45) is 0 Å². The maximum absolute atomic E-state index is 11.7. The summed E-state index contributed by atoms with van der Waals surface area (Å²) in [4.78, 5) is 35.1. The van der Waals surface area contributed by atoms with Crippen molar-refractivity contribution in [2.75, 3.05) is 53.5 Å². The topological polar surface area (TPSA) is 171 Å². The van der Waals surface area contributed by atoms with Crippen LogP contribution in [0, 0.1) is 0 Å². The average Bonchev–Trinajstić information content (AvgIpc) is 2.85. The molecular weight excluding hydrogens is 458 g/mol. The van der Waals surface area contributed by atoms with Gasteiger partial charge >= 0.3 is 17.9 Å². The van der Waals surface area contributed by atoms with Crippen LogP contribution >= 0.6 is 0 Å². The Morgan fingerprint density at radius 3 is 1.76 bits per heavy atom. The number of anilines is 1. The van der Waals surface area contributed by atoms with Gasteiger partial charge in [0.05, 0.1) is 27.9 Å². The number of aliphatic hydroxyl groups is 1. The standard InChI is InChI=1S/C21H29NO12/c1-27-15(24)9-30-18-14(8-23)34-21(33-13-6-4-12(22)5-7-13)20(32-11-17(26)29-3)19(18)31-10-16(25)28-2/h4-7,14,18-21,23H,8-11,22H2,1-3H3/t14-,18+,19+,20-,21-/m1/s1. The quantitative estimate of drug-likeness (QED) is 0.210. The molecule has 0 saturated carbocycles. The first-order valence-corrected chi connectivity index (χ1v) is 10.2. The summed E-state index contributed by atoms with van der Waals surface area (Å²) in [5.74, 6) is -1.77. The SMILES string of the molecule is COC(=O)CO[C@H]1[C@@H](OCC(=O)OC)[C@@H](CO)O[C@@H](Oc2ccc(N)cc2)[C@@H]1OCC(=O)OC. The molecular formula is C21H29NO12. The highest BCUT2D eigenvalue weighted by atomic mass is 16.7. The van der Waals surface area contributed by atoms with E-state index in [2.05, 4.69) is 14.2 Å². The van der Waals surface area contributed by atoms with E-state index in [1.807, 2.05) is 0 Å². The zero-order chi connectivity index (χ0) is 25.1. The van der Waals surface area contributed by atoms with Gasteiger partial charge in [0.15, 0.2) is 0 Å². The summed E-state index contributed by atoms with van der Waals surface area (Å²) < 4.78 is 42.5. The molecule has 1 aliphatic heterocycles. The number of hydrogen-bond acceptors (Lipinski definition) is 13. The largest absolute Gasteiger partial charge is 0.467 e. The number of benzene rings is 1. The number of nitrogen functional groups attached to an aromatic ring is 1. The summed E-state index contributed by atoms with van der Waals surface area (Å²) in [6.45, 7) is -2.11. The van der Waals surface area contributed by atoms with Crippen molar-refractivity contribution >= 4 is 23.6 Å². The number of hydrogen-bond donors (Lipinski definition) is 2. The van der Waals surface area contributed by atoms with Crippen LogP contribution in [0.4, 0.5) is 5.69 Å². The predicted molar refractivity (Wildman–Crippen MR) is 112 cm³/mol. The van der Waals surface area contributed by atoms with Crippen molar-refractivity contribution < 1.29 is 57.4 Å². The zero-order valence-electron chi connectivity index (χ0n) is 19.0. The van der Waals surface area contributed by atoms with Gasteiger partial charge in [-0.3, -0.25) is 0 Å². The van der Waals surface area contributed by atoms with E-state index in [4.69, 9.17) is 29.4 Å². The molecule has 190 valence electrons. The van der Waals surface area contributed by atoms with E-state index >= 15 is 0 Å². The van der Waals surface area contributed by atoms with E-state index < -0.39 is 75.0 Å². The summed E-state index contributed by atoms with van der Waals surface area (Å²) in [6, 6.07) is 6.35. The Balaban J connectivity index is 2.36. The maximum Gasteiger partial charge on any atom is 0.331 e. The molecule has 0 aliphatic carbocycles. The van der Waals surface area contributed by atoms with E-state index in [0.717, 1.165) is 0 Å². The number of ether oxygens (including phenoxy) is 8. The maximum atomic E-state index is 11.7. The molecule has 1 heterocycles. The third-order valence-electron chi connectivity index (χ3n) is 4.77. The van der Waals surface area contributed by atoms with Gasteiger partial charge in [-0.1, -0.05) is 0 Å². The van der Waals surface area contributed by atoms with E-state index in [-0.39, 0.29) is 0 Å². The van der Waals surface area contributed by atoms with Crippen LogP contribution in [0.2, 0.25) is 0 Å². The number of nitrogens with two attached hydrogens (primary N) is 1. The predicted octanol–water partition coefficient (Wildman–Crippen LogP) is -0.961. The Morgan fingerprint density at radius 2 is 1.29 bits per heavy atom. The van der Waals surface area contributed by atoms with Gasteiger partial charge in [0.25, 0.3) is 0 Å². The van der Waals surface area contributed by atoms with E-state index in [9.17, 15) is 19.5 Å². The first kappa shape index (κ1) is 27.3. The van der Waals surface area contributed by atoms with Gasteiger partial charge < -0.3 is 48.7 Å². The number of methoxy groups -OCH3 is 3. The molecule has 13 heteroatoms. The Labute approximate surface area is 195 Å². The Hall–Kier alpha value is -2.97. The third kappa shape index (κ3) is 7.81. The first-order chi connectivity index (χ1) is 16.3. The lowest BCUT2D eigenvalue weighted by Gasteiger charge is -2.44. The second kappa shape index (κ2) is 13.7. The second-order valence-corrected chi connectivity index (χ2v) is 6.97. The van der Waals surface area contributed by atoms with Crippen molar-refractivity contribution in [3.8, 4) is 5.75 Å². The van der Waals surface area contributed by atoms with Crippen LogP contribution in [0.25, 0.3) is 0 Å². The summed E-state index contributed by atoms with van der Waals surface area (Å²) in [6.07, 6.45) is -5.75. The van der Waals surface area contributed by atoms with Crippen LogP contribution in [0.15, 0.2) is 24.3 Å². The highest BCUT2D eigenvalue weighted by molar-refractivity contribution is 5.71. The normalized spacial score (nSPS) is 24.2. The summed E-state index contributed by atoms with van der Waals surface area (Å²) in [5.41, 5.74) is 6.20. The molecule has 1 aromatic carbocycles. The molecule has 5 atom stereocenters. The summed E-state index contributed by atoms with van der Waals surface area (Å²) >= 11 is 0. The van der Waals surface area contributed by atoms with Crippen LogP contribution in [-0.2, 0) is 47.5 Å². The van der Waals surface area contributed by atoms with Crippen LogP contribution < -0.4 is 10.5 Å². The summed E-state index contributed by atoms with van der Waals surface area (Å²) in [5, 5.41) is 9.93. The number of carbonyl (C=O) groups is 3. The molecule has 0 aromatic heterocycles. The third-order valence-corrected chi connectivity index (χ3v) is 4.77. The lowest BCUT2D eigenvalue weighted by molar-refractivity contribution is -0.301. The molecule has 0 spiro atoms. The number of rotatable bonds is 12. The van der Waals surface area contributed by atoms with Crippen molar-refractivity contribution in [2.45, 2.75) is 30.7 Å². The van der Waals surface area contributed by atoms with Gasteiger partial charge in [0.2, 0.25) is 6.29 Å². The summed E-state index contributed by atoms with van der Waals surface area (Å²) in [7, 11) is 3.53. The van der Waals surface area contributed by atoms with Gasteiger partial charge in [-0.25, -0.2) is 14.4 Å². The van der Waals surface area contributed by atoms with Crippen molar-refractivity contribution in [3.63, 3.8) is 0 Å². The molecule has 13 nitrogen and oxygen atoms in total. The Morgan fingerprint density at radius 1 is 0.824 bits per heavy atom. The van der Waals surface area contributed by atoms with Crippen LogP contribution in [0.3, 0.4) is 0 Å². The molecule has 1 fully saturated rings. The highest BCUT2D eigenvalue weighted by Crippen LogP contribution is 2.30. The minimum atomic E-state index is -1.23. The molecule has 1 aliphatic rings. The second-order valence-electron chi connectivity index (χ2n) is 6.97. The van der Waals surface area contributed by atoms with Crippen molar-refractivity contribution in [1.29, 1.82) is 0 Å². The molecule has 0 bridgehead atoms. The molecule has 0 amide bonds. The molecule has 1 aromatic rings. The number of carbonyl (C=O) groups excluding carboxylic acids is 3. The molecule has 34 heavy (non-hydrogen) atoms. The van der Waals surface area contributed by atoms with E-state index in [1.165, 1.54) is 21.3 Å². The Bertz CT molecular complexity index is 801. The lowest BCUT2D eigenvalue weighted by atomic mass is 9.98. The number of esters is 3. The minimum Gasteiger partial charge on any atom is -0.467 e. The molecule has 3 N–H and O–H groups in total. The molecule has 1 saturated heterocycles.